The molecule has 0 aromatic heterocycles. The SMILES string of the molecule is COCCNS(=O)(=O)c1ccc(C)c(C(=O)NCC(c2ccc(OC)cc2)N2CCCC2)c1. The van der Waals surface area contributed by atoms with Gasteiger partial charge >= 0.3 is 0 Å². The molecule has 180 valence electrons. The van der Waals surface area contributed by atoms with Gasteiger partial charge in [-0.2, -0.15) is 0 Å². The molecular weight excluding hydrogens is 442 g/mol. The Hall–Kier alpha value is -2.46. The van der Waals surface area contributed by atoms with Gasteiger partial charge in [-0.15, -0.1) is 0 Å². The highest BCUT2D eigenvalue weighted by atomic mass is 32.2. The Kier molecular flexibility index (Phi) is 8.85. The molecular formula is C24H33N3O5S. The van der Waals surface area contributed by atoms with Crippen molar-refractivity contribution in [3.63, 3.8) is 0 Å². The van der Waals surface area contributed by atoms with E-state index in [1.54, 1.807) is 20.1 Å². The summed E-state index contributed by atoms with van der Waals surface area (Å²) in [4.78, 5) is 15.5. The van der Waals surface area contributed by atoms with Crippen LogP contribution in [0.25, 0.3) is 0 Å². The van der Waals surface area contributed by atoms with Gasteiger partial charge in [-0.05, 0) is 68.2 Å². The Bertz CT molecular complexity index is 1030. The van der Waals surface area contributed by atoms with Gasteiger partial charge in [0.1, 0.15) is 5.75 Å². The van der Waals surface area contributed by atoms with Crippen LogP contribution in [0.1, 0.15) is 40.4 Å². The van der Waals surface area contributed by atoms with E-state index in [0.29, 0.717) is 17.7 Å². The molecule has 1 aliphatic heterocycles. The second-order valence-corrected chi connectivity index (χ2v) is 9.88. The third-order valence-corrected chi connectivity index (χ3v) is 7.36. The van der Waals surface area contributed by atoms with Gasteiger partial charge in [0.2, 0.25) is 10.0 Å². The van der Waals surface area contributed by atoms with Crippen molar-refractivity contribution in [3.05, 3.63) is 59.2 Å². The van der Waals surface area contributed by atoms with Gasteiger partial charge in [0.25, 0.3) is 5.91 Å². The molecule has 0 radical (unpaired) electrons. The number of amides is 1. The maximum Gasteiger partial charge on any atom is 0.251 e. The van der Waals surface area contributed by atoms with Crippen molar-refractivity contribution in [1.29, 1.82) is 0 Å². The predicted octanol–water partition coefficient (Wildman–Crippen LogP) is 2.50. The van der Waals surface area contributed by atoms with Gasteiger partial charge in [0.15, 0.2) is 0 Å². The number of rotatable bonds is 11. The lowest BCUT2D eigenvalue weighted by Crippen LogP contribution is -2.37. The third kappa shape index (κ3) is 6.54. The number of benzene rings is 2. The standard InChI is InChI=1S/C24H33N3O5S/c1-18-6-11-21(33(29,30)26-12-15-31-2)16-22(18)24(28)25-17-23(27-13-4-5-14-27)19-7-9-20(32-3)10-8-19/h6-11,16,23,26H,4-5,12-15,17H2,1-3H3,(H,25,28). The molecule has 1 saturated heterocycles. The first kappa shape index (κ1) is 25.2. The highest BCUT2D eigenvalue weighted by Gasteiger charge is 2.25. The molecule has 0 spiro atoms. The van der Waals surface area contributed by atoms with E-state index in [1.165, 1.54) is 19.2 Å². The van der Waals surface area contributed by atoms with E-state index in [-0.39, 0.29) is 30.0 Å². The van der Waals surface area contributed by atoms with E-state index >= 15 is 0 Å². The first-order valence-electron chi connectivity index (χ1n) is 11.1. The van der Waals surface area contributed by atoms with E-state index in [2.05, 4.69) is 14.9 Å². The molecule has 8 nitrogen and oxygen atoms in total. The summed E-state index contributed by atoms with van der Waals surface area (Å²) in [5.41, 5.74) is 2.17. The van der Waals surface area contributed by atoms with Crippen LogP contribution in [-0.2, 0) is 14.8 Å². The molecule has 9 heteroatoms. The van der Waals surface area contributed by atoms with Gasteiger partial charge in [0, 0.05) is 25.8 Å². The third-order valence-electron chi connectivity index (χ3n) is 5.90. The Morgan fingerprint density at radius 1 is 1.09 bits per heavy atom. The van der Waals surface area contributed by atoms with Crippen LogP contribution in [0.3, 0.4) is 0 Å². The Morgan fingerprint density at radius 2 is 1.79 bits per heavy atom. The number of aryl methyl sites for hydroxylation is 1. The van der Waals surface area contributed by atoms with Crippen LogP contribution in [0.2, 0.25) is 0 Å². The molecule has 1 amide bonds. The number of sulfonamides is 1. The number of ether oxygens (including phenoxy) is 2. The highest BCUT2D eigenvalue weighted by Crippen LogP contribution is 2.26. The Balaban J connectivity index is 1.75. The van der Waals surface area contributed by atoms with E-state index in [4.69, 9.17) is 9.47 Å². The molecule has 1 atom stereocenters. The summed E-state index contributed by atoms with van der Waals surface area (Å²) in [6, 6.07) is 12.5. The summed E-state index contributed by atoms with van der Waals surface area (Å²) >= 11 is 0. The molecule has 2 aromatic carbocycles. The van der Waals surface area contributed by atoms with Crippen LogP contribution < -0.4 is 14.8 Å². The first-order valence-corrected chi connectivity index (χ1v) is 12.6. The van der Waals surface area contributed by atoms with Crippen LogP contribution in [0.15, 0.2) is 47.4 Å². The maximum atomic E-state index is 13.1. The lowest BCUT2D eigenvalue weighted by molar-refractivity contribution is 0.0937. The number of carbonyl (C=O) groups is 1. The Morgan fingerprint density at radius 3 is 2.42 bits per heavy atom. The molecule has 1 heterocycles. The van der Waals surface area contributed by atoms with Gasteiger partial charge in [-0.25, -0.2) is 13.1 Å². The van der Waals surface area contributed by atoms with Crippen molar-refractivity contribution >= 4 is 15.9 Å². The zero-order valence-corrected chi connectivity index (χ0v) is 20.3. The summed E-state index contributed by atoms with van der Waals surface area (Å²) < 4.78 is 37.8. The largest absolute Gasteiger partial charge is 0.497 e. The number of hydrogen-bond acceptors (Lipinski definition) is 6. The van der Waals surface area contributed by atoms with E-state index in [0.717, 1.165) is 37.2 Å². The minimum atomic E-state index is -3.73. The van der Waals surface area contributed by atoms with Crippen LogP contribution >= 0.6 is 0 Å². The van der Waals surface area contributed by atoms with Gasteiger partial charge in [-0.3, -0.25) is 9.69 Å². The minimum Gasteiger partial charge on any atom is -0.497 e. The molecule has 0 bridgehead atoms. The molecule has 1 fully saturated rings. The zero-order valence-electron chi connectivity index (χ0n) is 19.5. The van der Waals surface area contributed by atoms with E-state index in [9.17, 15) is 13.2 Å². The van der Waals surface area contributed by atoms with Crippen molar-refractivity contribution in [2.24, 2.45) is 0 Å². The number of nitrogens with one attached hydrogen (secondary N) is 2. The predicted molar refractivity (Wildman–Crippen MR) is 127 cm³/mol. The lowest BCUT2D eigenvalue weighted by Gasteiger charge is -2.28. The molecule has 33 heavy (non-hydrogen) atoms. The second kappa shape index (κ2) is 11.6. The lowest BCUT2D eigenvalue weighted by atomic mass is 10.0. The number of methoxy groups -OCH3 is 2. The maximum absolute atomic E-state index is 13.1. The molecule has 0 saturated carbocycles. The second-order valence-electron chi connectivity index (χ2n) is 8.11. The first-order chi connectivity index (χ1) is 15.9. The van der Waals surface area contributed by atoms with Crippen LogP contribution in [0.5, 0.6) is 5.75 Å². The molecule has 0 aliphatic carbocycles. The van der Waals surface area contributed by atoms with Gasteiger partial charge in [0.05, 0.1) is 24.7 Å². The van der Waals surface area contributed by atoms with Crippen molar-refractivity contribution in [1.82, 2.24) is 14.9 Å². The van der Waals surface area contributed by atoms with Crippen molar-refractivity contribution in [2.75, 3.05) is 47.0 Å². The van der Waals surface area contributed by atoms with E-state index in [1.807, 2.05) is 24.3 Å². The van der Waals surface area contributed by atoms with Gasteiger partial charge < -0.3 is 14.8 Å². The molecule has 2 aromatic rings. The quantitative estimate of drug-likeness (QED) is 0.485. The topological polar surface area (TPSA) is 97.0 Å². The summed E-state index contributed by atoms with van der Waals surface area (Å²) in [5.74, 6) is 0.495. The summed E-state index contributed by atoms with van der Waals surface area (Å²) in [6.07, 6.45) is 2.27. The van der Waals surface area contributed by atoms with Crippen molar-refractivity contribution in [3.8, 4) is 5.75 Å². The monoisotopic (exact) mass is 475 g/mol. The van der Waals surface area contributed by atoms with Crippen LogP contribution in [0, 0.1) is 6.92 Å². The fourth-order valence-electron chi connectivity index (χ4n) is 4.00. The average molecular weight is 476 g/mol. The zero-order chi connectivity index (χ0) is 23.8. The van der Waals surface area contributed by atoms with Crippen molar-refractivity contribution < 1.29 is 22.7 Å². The normalized spacial score (nSPS) is 15.4. The number of nitrogens with zero attached hydrogens (tertiary/aromatic N) is 1. The summed E-state index contributed by atoms with van der Waals surface area (Å²) in [7, 11) is -0.590. The fraction of sp³-hybridized carbons (Fsp3) is 0.458. The molecule has 2 N–H and O–H groups in total. The smallest absolute Gasteiger partial charge is 0.251 e. The average Bonchev–Trinajstić information content (AvgIpc) is 3.34. The summed E-state index contributed by atoms with van der Waals surface area (Å²) in [5, 5.41) is 3.03. The molecule has 1 aliphatic rings. The van der Waals surface area contributed by atoms with Crippen LogP contribution in [-0.4, -0.2) is 66.2 Å². The molecule has 3 rings (SSSR count). The Labute approximate surface area is 196 Å². The van der Waals surface area contributed by atoms with E-state index < -0.39 is 10.0 Å². The number of likely N-dealkylation sites (tertiary alicyclic amines) is 1. The molecule has 1 unspecified atom stereocenters. The fourth-order valence-corrected chi connectivity index (χ4v) is 5.03. The number of hydrogen-bond donors (Lipinski definition) is 2. The summed E-state index contributed by atoms with van der Waals surface area (Å²) in [6.45, 7) is 4.60. The van der Waals surface area contributed by atoms with Crippen LogP contribution in [0.4, 0.5) is 0 Å². The van der Waals surface area contributed by atoms with Crippen molar-refractivity contribution in [2.45, 2.75) is 30.7 Å². The number of carbonyl (C=O) groups excluding carboxylic acids is 1. The highest BCUT2D eigenvalue weighted by molar-refractivity contribution is 7.89. The van der Waals surface area contributed by atoms with Gasteiger partial charge in [-0.1, -0.05) is 18.2 Å². The minimum absolute atomic E-state index is 0.0327.